The fourth-order valence-corrected chi connectivity index (χ4v) is 3.89. The Labute approximate surface area is 172 Å². The minimum absolute atomic E-state index is 0.230. The van der Waals surface area contributed by atoms with Crippen LogP contribution in [0.4, 0.5) is 11.4 Å². The van der Waals surface area contributed by atoms with Crippen molar-refractivity contribution in [2.75, 3.05) is 10.6 Å². The molecule has 2 aromatic carbocycles. The molecule has 0 radical (unpaired) electrons. The third-order valence-electron chi connectivity index (χ3n) is 4.61. The van der Waals surface area contributed by atoms with E-state index in [9.17, 15) is 9.59 Å². The number of aromatic nitrogens is 2. The van der Waals surface area contributed by atoms with Gasteiger partial charge in [0.05, 0.1) is 11.3 Å². The molecule has 8 heteroatoms. The van der Waals surface area contributed by atoms with E-state index in [0.29, 0.717) is 22.7 Å². The topological polar surface area (TPSA) is 85.2 Å². The summed E-state index contributed by atoms with van der Waals surface area (Å²) >= 11 is 1.56. The van der Waals surface area contributed by atoms with E-state index in [4.69, 9.17) is 4.74 Å². The van der Waals surface area contributed by atoms with E-state index in [1.165, 1.54) is 0 Å². The van der Waals surface area contributed by atoms with Crippen LogP contribution in [-0.2, 0) is 11.8 Å². The number of carbonyl (C=O) groups excluding carboxylic acids is 2. The molecule has 1 aliphatic rings. The first-order chi connectivity index (χ1) is 13.9. The van der Waals surface area contributed by atoms with Gasteiger partial charge in [-0.2, -0.15) is 0 Å². The number of fused-ring (bicyclic) bond motifs is 1. The predicted molar refractivity (Wildman–Crippen MR) is 112 cm³/mol. The number of aryl methyl sites for hydroxylation is 2. The number of amides is 2. The lowest BCUT2D eigenvalue weighted by Gasteiger charge is -2.25. The van der Waals surface area contributed by atoms with Crippen molar-refractivity contribution in [3.63, 3.8) is 0 Å². The molecule has 4 rings (SSSR count). The molecular weight excluding hydrogens is 388 g/mol. The standard InChI is InChI=1S/C21H20N4O3S/c1-12-11-14(29-21-22-9-10-25(21)3)7-8-16(12)23-20(27)15-5-4-6-17-18(15)28-13(2)19(26)24-17/h4-11,13H,1-3H3,(H,23,27)(H,24,26). The Hall–Kier alpha value is -3.26. The molecule has 0 fully saturated rings. The van der Waals surface area contributed by atoms with Crippen LogP contribution in [0.15, 0.2) is 58.8 Å². The van der Waals surface area contributed by atoms with Gasteiger partial charge in [-0.1, -0.05) is 17.8 Å². The van der Waals surface area contributed by atoms with Crippen LogP contribution in [-0.4, -0.2) is 27.5 Å². The van der Waals surface area contributed by atoms with Crippen molar-refractivity contribution in [1.29, 1.82) is 0 Å². The van der Waals surface area contributed by atoms with Gasteiger partial charge in [0.2, 0.25) is 0 Å². The summed E-state index contributed by atoms with van der Waals surface area (Å²) in [6, 6.07) is 10.9. The molecule has 148 valence electrons. The van der Waals surface area contributed by atoms with E-state index < -0.39 is 6.10 Å². The second-order valence-electron chi connectivity index (χ2n) is 6.79. The monoisotopic (exact) mass is 408 g/mol. The molecule has 1 aromatic heterocycles. The summed E-state index contributed by atoms with van der Waals surface area (Å²) in [6.07, 6.45) is 3.01. The number of hydrogen-bond donors (Lipinski definition) is 2. The lowest BCUT2D eigenvalue weighted by molar-refractivity contribution is -0.122. The lowest BCUT2D eigenvalue weighted by atomic mass is 10.1. The fourth-order valence-electron chi connectivity index (χ4n) is 2.99. The highest BCUT2D eigenvalue weighted by atomic mass is 32.2. The van der Waals surface area contributed by atoms with Crippen molar-refractivity contribution >= 4 is 35.0 Å². The molecule has 0 saturated carbocycles. The zero-order valence-electron chi connectivity index (χ0n) is 16.2. The third-order valence-corrected chi connectivity index (χ3v) is 5.68. The zero-order valence-corrected chi connectivity index (χ0v) is 17.0. The summed E-state index contributed by atoms with van der Waals surface area (Å²) in [7, 11) is 1.95. The molecule has 29 heavy (non-hydrogen) atoms. The molecular formula is C21H20N4O3S. The minimum atomic E-state index is -0.652. The van der Waals surface area contributed by atoms with Gasteiger partial charge in [0.15, 0.2) is 17.0 Å². The Kier molecular flexibility index (Phi) is 5.02. The van der Waals surface area contributed by atoms with Gasteiger partial charge >= 0.3 is 0 Å². The average Bonchev–Trinajstić information content (AvgIpc) is 3.09. The van der Waals surface area contributed by atoms with Crippen molar-refractivity contribution < 1.29 is 14.3 Å². The van der Waals surface area contributed by atoms with Gasteiger partial charge < -0.3 is 19.9 Å². The third kappa shape index (κ3) is 3.84. The largest absolute Gasteiger partial charge is 0.478 e. The van der Waals surface area contributed by atoms with Gasteiger partial charge in [-0.15, -0.1) is 0 Å². The summed E-state index contributed by atoms with van der Waals surface area (Å²) in [5, 5.41) is 6.59. The molecule has 2 amide bonds. The number of nitrogens with zero attached hydrogens (tertiary/aromatic N) is 2. The Bertz CT molecular complexity index is 1110. The maximum atomic E-state index is 12.9. The highest BCUT2D eigenvalue weighted by molar-refractivity contribution is 7.99. The van der Waals surface area contributed by atoms with Crippen LogP contribution in [0.5, 0.6) is 5.75 Å². The average molecular weight is 408 g/mol. The van der Waals surface area contributed by atoms with E-state index in [1.54, 1.807) is 43.1 Å². The van der Waals surface area contributed by atoms with E-state index >= 15 is 0 Å². The molecule has 1 aliphatic heterocycles. The van der Waals surface area contributed by atoms with Crippen LogP contribution in [0.25, 0.3) is 0 Å². The second-order valence-corrected chi connectivity index (χ2v) is 7.83. The smallest absolute Gasteiger partial charge is 0.265 e. The highest BCUT2D eigenvalue weighted by Crippen LogP contribution is 2.34. The number of anilines is 2. The van der Waals surface area contributed by atoms with Gasteiger partial charge in [-0.3, -0.25) is 9.59 Å². The number of ether oxygens (including phenoxy) is 1. The molecule has 3 aromatic rings. The van der Waals surface area contributed by atoms with Gasteiger partial charge in [0.25, 0.3) is 11.8 Å². The molecule has 0 aliphatic carbocycles. The number of hydrogen-bond acceptors (Lipinski definition) is 5. The maximum absolute atomic E-state index is 12.9. The summed E-state index contributed by atoms with van der Waals surface area (Å²) in [4.78, 5) is 30.0. The van der Waals surface area contributed by atoms with Crippen molar-refractivity contribution in [3.8, 4) is 5.75 Å². The first-order valence-electron chi connectivity index (χ1n) is 9.10. The van der Waals surface area contributed by atoms with Gasteiger partial charge in [0.1, 0.15) is 0 Å². The Morgan fingerprint density at radius 2 is 2.14 bits per heavy atom. The lowest BCUT2D eigenvalue weighted by Crippen LogP contribution is -2.35. The molecule has 0 bridgehead atoms. The predicted octanol–water partition coefficient (Wildman–Crippen LogP) is 3.85. The molecule has 0 spiro atoms. The maximum Gasteiger partial charge on any atom is 0.265 e. The van der Waals surface area contributed by atoms with Gasteiger partial charge in [-0.25, -0.2) is 4.98 Å². The Morgan fingerprint density at radius 1 is 1.31 bits per heavy atom. The summed E-state index contributed by atoms with van der Waals surface area (Å²) in [5.41, 5.74) is 2.52. The van der Waals surface area contributed by atoms with E-state index in [-0.39, 0.29) is 11.8 Å². The number of rotatable bonds is 4. The Morgan fingerprint density at radius 3 is 2.86 bits per heavy atom. The molecule has 2 heterocycles. The zero-order chi connectivity index (χ0) is 20.5. The van der Waals surface area contributed by atoms with Crippen molar-refractivity contribution in [3.05, 3.63) is 59.9 Å². The molecule has 1 atom stereocenters. The fraction of sp³-hybridized carbons (Fsp3) is 0.190. The van der Waals surface area contributed by atoms with Gasteiger partial charge in [-0.05, 0) is 49.7 Å². The van der Waals surface area contributed by atoms with Crippen LogP contribution in [0, 0.1) is 6.92 Å². The van der Waals surface area contributed by atoms with Crippen molar-refractivity contribution in [2.45, 2.75) is 30.0 Å². The van der Waals surface area contributed by atoms with E-state index in [2.05, 4.69) is 15.6 Å². The summed E-state index contributed by atoms with van der Waals surface area (Å²) in [5.74, 6) is -0.138. The summed E-state index contributed by atoms with van der Waals surface area (Å²) in [6.45, 7) is 3.59. The molecule has 2 N–H and O–H groups in total. The normalized spacial score (nSPS) is 15.3. The number of para-hydroxylation sites is 1. The SMILES string of the molecule is Cc1cc(Sc2nccn2C)ccc1NC(=O)c1cccc2c1OC(C)C(=O)N2. The minimum Gasteiger partial charge on any atom is -0.478 e. The first-order valence-corrected chi connectivity index (χ1v) is 9.92. The van der Waals surface area contributed by atoms with Crippen molar-refractivity contribution in [2.24, 2.45) is 7.05 Å². The molecule has 7 nitrogen and oxygen atoms in total. The quantitative estimate of drug-likeness (QED) is 0.685. The van der Waals surface area contributed by atoms with Crippen LogP contribution >= 0.6 is 11.8 Å². The van der Waals surface area contributed by atoms with Crippen LogP contribution in [0.3, 0.4) is 0 Å². The van der Waals surface area contributed by atoms with Gasteiger partial charge in [0, 0.05) is 30.0 Å². The number of imidazole rings is 1. The first kappa shape index (κ1) is 19.1. The number of carbonyl (C=O) groups is 2. The van der Waals surface area contributed by atoms with Crippen LogP contribution in [0.1, 0.15) is 22.8 Å². The molecule has 1 unspecified atom stereocenters. The molecule has 0 saturated heterocycles. The van der Waals surface area contributed by atoms with Crippen molar-refractivity contribution in [1.82, 2.24) is 9.55 Å². The Balaban J connectivity index is 1.54. The van der Waals surface area contributed by atoms with E-state index in [1.807, 2.05) is 42.9 Å². The number of benzene rings is 2. The second kappa shape index (κ2) is 7.63. The summed E-state index contributed by atoms with van der Waals surface area (Å²) < 4.78 is 7.62. The van der Waals surface area contributed by atoms with Crippen LogP contribution < -0.4 is 15.4 Å². The highest BCUT2D eigenvalue weighted by Gasteiger charge is 2.27. The van der Waals surface area contributed by atoms with E-state index in [0.717, 1.165) is 15.6 Å². The number of nitrogens with one attached hydrogen (secondary N) is 2. The van der Waals surface area contributed by atoms with Crippen LogP contribution in [0.2, 0.25) is 0 Å².